The number of hydrogen-bond acceptors (Lipinski definition) is 9. The van der Waals surface area contributed by atoms with E-state index in [2.05, 4.69) is 21.3 Å². The first-order valence-electron chi connectivity index (χ1n) is 13.1. The molecular formula is C26H44N4O9. The van der Waals surface area contributed by atoms with Gasteiger partial charge in [-0.3, -0.25) is 14.4 Å². The smallest absolute Gasteiger partial charge is 0.408 e. The molecule has 1 aliphatic heterocycles. The molecule has 0 aromatic heterocycles. The van der Waals surface area contributed by atoms with Gasteiger partial charge in [-0.05, 0) is 45.1 Å². The van der Waals surface area contributed by atoms with Crippen LogP contribution in [0.1, 0.15) is 54.9 Å². The standard InChI is InChI=1S/C26H44N4O9/c1-15(2)12-17-21(32)28-18(13-31)24(35)38-11-9-8-10-37-14-19(29-25(36)39-26(5,6)7)22(33)30-20(16(3)4)23(34)27-17/h8-9,15-20,31H,10-14H2,1-7H3,(H,27,34)(H,28,32)(H,29,36)(H,30,33)/b9-8+/t17-,18-,19-,20-/m0/s1. The molecule has 0 aromatic rings. The first-order chi connectivity index (χ1) is 18.1. The van der Waals surface area contributed by atoms with Gasteiger partial charge >= 0.3 is 12.1 Å². The highest BCUT2D eigenvalue weighted by Gasteiger charge is 2.33. The minimum absolute atomic E-state index is 0.0163. The molecule has 1 rings (SSSR count). The van der Waals surface area contributed by atoms with Crippen LogP contribution < -0.4 is 21.3 Å². The maximum absolute atomic E-state index is 13.3. The van der Waals surface area contributed by atoms with Crippen molar-refractivity contribution in [1.82, 2.24) is 21.3 Å². The van der Waals surface area contributed by atoms with Gasteiger partial charge < -0.3 is 40.6 Å². The van der Waals surface area contributed by atoms with Gasteiger partial charge in [0.15, 0.2) is 6.04 Å². The molecule has 0 aliphatic carbocycles. The fourth-order valence-corrected chi connectivity index (χ4v) is 3.46. The average molecular weight is 557 g/mol. The Morgan fingerprint density at radius 3 is 2.18 bits per heavy atom. The molecule has 5 N–H and O–H groups in total. The van der Waals surface area contributed by atoms with Crippen LogP contribution >= 0.6 is 0 Å². The Balaban J connectivity index is 3.28. The Kier molecular flexibility index (Phi) is 13.9. The highest BCUT2D eigenvalue weighted by Crippen LogP contribution is 2.10. The van der Waals surface area contributed by atoms with Crippen LogP contribution in [0.2, 0.25) is 0 Å². The van der Waals surface area contributed by atoms with E-state index in [0.29, 0.717) is 0 Å². The number of aliphatic hydroxyl groups excluding tert-OH is 1. The SMILES string of the molecule is CC(C)C[C@@H]1NC(=O)[C@H](C(C)C)NC(=O)[C@@H](NC(=O)OC(C)(C)C)COC/C=C/COC(=O)[C@H](CO)NC1=O. The lowest BCUT2D eigenvalue weighted by Gasteiger charge is -2.28. The Hall–Kier alpha value is -3.19. The molecule has 0 spiro atoms. The van der Waals surface area contributed by atoms with Crippen LogP contribution in [0.3, 0.4) is 0 Å². The number of rotatable bonds is 5. The molecule has 0 bridgehead atoms. The summed E-state index contributed by atoms with van der Waals surface area (Å²) in [7, 11) is 0. The molecule has 4 amide bonds. The molecule has 1 heterocycles. The van der Waals surface area contributed by atoms with Crippen LogP contribution in [-0.2, 0) is 33.4 Å². The van der Waals surface area contributed by atoms with E-state index in [1.54, 1.807) is 34.6 Å². The van der Waals surface area contributed by atoms with Crippen molar-refractivity contribution in [2.45, 2.75) is 84.7 Å². The van der Waals surface area contributed by atoms with E-state index in [9.17, 15) is 29.1 Å². The third-order valence-electron chi connectivity index (χ3n) is 5.37. The normalized spacial score (nSPS) is 25.5. The number of carbonyl (C=O) groups excluding carboxylic acids is 5. The van der Waals surface area contributed by atoms with Crippen molar-refractivity contribution in [3.63, 3.8) is 0 Å². The van der Waals surface area contributed by atoms with E-state index in [0.717, 1.165) is 0 Å². The largest absolute Gasteiger partial charge is 0.460 e. The summed E-state index contributed by atoms with van der Waals surface area (Å²) in [6.07, 6.45) is 2.41. The van der Waals surface area contributed by atoms with Crippen LogP contribution in [0.4, 0.5) is 4.79 Å². The summed E-state index contributed by atoms with van der Waals surface area (Å²) >= 11 is 0. The zero-order valence-corrected chi connectivity index (χ0v) is 23.9. The molecule has 13 heteroatoms. The quantitative estimate of drug-likeness (QED) is 0.233. The minimum atomic E-state index is -1.33. The van der Waals surface area contributed by atoms with E-state index in [4.69, 9.17) is 14.2 Å². The van der Waals surface area contributed by atoms with Gasteiger partial charge in [-0.25, -0.2) is 9.59 Å². The van der Waals surface area contributed by atoms with E-state index in [1.165, 1.54) is 12.2 Å². The lowest BCUT2D eigenvalue weighted by molar-refractivity contribution is -0.148. The van der Waals surface area contributed by atoms with Gasteiger partial charge in [-0.2, -0.15) is 0 Å². The first-order valence-corrected chi connectivity index (χ1v) is 13.1. The molecule has 0 saturated heterocycles. The van der Waals surface area contributed by atoms with Gasteiger partial charge in [0.05, 0.1) is 19.8 Å². The maximum atomic E-state index is 13.3. The predicted octanol–water partition coefficient (Wildman–Crippen LogP) is 0.158. The zero-order valence-electron chi connectivity index (χ0n) is 23.9. The lowest BCUT2D eigenvalue weighted by atomic mass is 9.99. The second-order valence-electron chi connectivity index (χ2n) is 11.0. The van der Waals surface area contributed by atoms with Gasteiger partial charge in [-0.15, -0.1) is 0 Å². The molecule has 0 radical (unpaired) electrons. The number of alkyl carbamates (subject to hydrolysis) is 1. The fourth-order valence-electron chi connectivity index (χ4n) is 3.46. The van der Waals surface area contributed by atoms with E-state index >= 15 is 0 Å². The van der Waals surface area contributed by atoms with Gasteiger partial charge in [0.25, 0.3) is 0 Å². The first kappa shape index (κ1) is 33.8. The van der Waals surface area contributed by atoms with Crippen molar-refractivity contribution in [3.8, 4) is 0 Å². The Labute approximate surface area is 229 Å². The molecule has 0 unspecified atom stereocenters. The van der Waals surface area contributed by atoms with Gasteiger partial charge in [0, 0.05) is 0 Å². The van der Waals surface area contributed by atoms with Gasteiger partial charge in [0.2, 0.25) is 17.7 Å². The number of ether oxygens (including phenoxy) is 3. The number of aliphatic hydroxyl groups is 1. The average Bonchev–Trinajstić information content (AvgIpc) is 2.81. The second kappa shape index (κ2) is 16.0. The molecule has 39 heavy (non-hydrogen) atoms. The van der Waals surface area contributed by atoms with E-state index < -0.39 is 72.1 Å². The Morgan fingerprint density at radius 2 is 1.62 bits per heavy atom. The maximum Gasteiger partial charge on any atom is 0.408 e. The third kappa shape index (κ3) is 12.9. The fraction of sp³-hybridized carbons (Fsp3) is 0.731. The lowest BCUT2D eigenvalue weighted by Crippen LogP contribution is -2.60. The summed E-state index contributed by atoms with van der Waals surface area (Å²) in [4.78, 5) is 64.2. The zero-order chi connectivity index (χ0) is 29.8. The van der Waals surface area contributed by atoms with Gasteiger partial charge in [0.1, 0.15) is 30.3 Å². The number of nitrogens with one attached hydrogen (secondary N) is 4. The number of amides is 4. The van der Waals surface area contributed by atoms with Crippen molar-refractivity contribution < 1.29 is 43.3 Å². The van der Waals surface area contributed by atoms with Crippen LogP contribution in [0, 0.1) is 11.8 Å². The van der Waals surface area contributed by atoms with Gasteiger partial charge in [-0.1, -0.05) is 33.8 Å². The predicted molar refractivity (Wildman–Crippen MR) is 141 cm³/mol. The molecular weight excluding hydrogens is 512 g/mol. The Bertz CT molecular complexity index is 883. The highest BCUT2D eigenvalue weighted by molar-refractivity contribution is 5.95. The second-order valence-corrected chi connectivity index (χ2v) is 11.0. The summed E-state index contributed by atoms with van der Waals surface area (Å²) < 4.78 is 15.8. The van der Waals surface area contributed by atoms with Crippen LogP contribution in [-0.4, -0.2) is 91.1 Å². The minimum Gasteiger partial charge on any atom is -0.460 e. The van der Waals surface area contributed by atoms with Crippen molar-refractivity contribution in [2.24, 2.45) is 11.8 Å². The van der Waals surface area contributed by atoms with Crippen LogP contribution in [0.25, 0.3) is 0 Å². The number of cyclic esters (lactones) is 1. The van der Waals surface area contributed by atoms with Crippen LogP contribution in [0.5, 0.6) is 0 Å². The summed E-state index contributed by atoms with van der Waals surface area (Å²) in [5.41, 5.74) is -0.807. The number of carbonyl (C=O) groups is 5. The van der Waals surface area contributed by atoms with Crippen LogP contribution in [0.15, 0.2) is 12.2 Å². The van der Waals surface area contributed by atoms with Crippen molar-refractivity contribution >= 4 is 29.8 Å². The molecule has 0 aromatic carbocycles. The molecule has 0 fully saturated rings. The summed E-state index contributed by atoms with van der Waals surface area (Å²) in [6.45, 7) is 11.1. The van der Waals surface area contributed by atoms with E-state index in [-0.39, 0.29) is 32.2 Å². The molecule has 1 aliphatic rings. The van der Waals surface area contributed by atoms with Crippen molar-refractivity contribution in [1.29, 1.82) is 0 Å². The monoisotopic (exact) mass is 556 g/mol. The Morgan fingerprint density at radius 1 is 1.00 bits per heavy atom. The number of esters is 1. The summed E-state index contributed by atoms with van der Waals surface area (Å²) in [6, 6.07) is -4.65. The molecule has 222 valence electrons. The molecule has 0 saturated carbocycles. The van der Waals surface area contributed by atoms with E-state index in [1.807, 2.05) is 13.8 Å². The summed E-state index contributed by atoms with van der Waals surface area (Å²) in [5.74, 6) is -3.26. The third-order valence-corrected chi connectivity index (χ3v) is 5.37. The summed E-state index contributed by atoms with van der Waals surface area (Å²) in [5, 5.41) is 19.8. The van der Waals surface area contributed by atoms with Crippen molar-refractivity contribution in [3.05, 3.63) is 12.2 Å². The van der Waals surface area contributed by atoms with Crippen molar-refractivity contribution in [2.75, 3.05) is 26.4 Å². The molecule has 13 nitrogen and oxygen atoms in total. The topological polar surface area (TPSA) is 181 Å². The number of hydrogen-bond donors (Lipinski definition) is 5. The molecule has 4 atom stereocenters. The highest BCUT2D eigenvalue weighted by atomic mass is 16.6.